The molecule has 0 aliphatic carbocycles. The molecule has 1 aliphatic heterocycles. The number of sulfonamides is 1. The Kier molecular flexibility index (Phi) is 6.53. The Morgan fingerprint density at radius 1 is 1.33 bits per heavy atom. The highest BCUT2D eigenvalue weighted by Gasteiger charge is 2.33. The van der Waals surface area contributed by atoms with Gasteiger partial charge in [0, 0.05) is 30.1 Å². The zero-order valence-corrected chi connectivity index (χ0v) is 16.1. The van der Waals surface area contributed by atoms with E-state index < -0.39 is 10.0 Å². The van der Waals surface area contributed by atoms with Gasteiger partial charge in [-0.1, -0.05) is 30.1 Å². The highest BCUT2D eigenvalue weighted by Crippen LogP contribution is 2.30. The third kappa shape index (κ3) is 4.42. The molecule has 1 N–H and O–H groups in total. The zero-order chi connectivity index (χ0) is 17.9. The smallest absolute Gasteiger partial charge is 0.244 e. The molecule has 1 saturated heterocycles. The molecule has 0 spiro atoms. The van der Waals surface area contributed by atoms with Gasteiger partial charge in [-0.05, 0) is 44.4 Å². The number of hydrogen-bond donors (Lipinski definition) is 1. The van der Waals surface area contributed by atoms with Crippen molar-refractivity contribution < 1.29 is 13.2 Å². The van der Waals surface area contributed by atoms with Crippen LogP contribution in [0.5, 0.6) is 0 Å². The molecule has 1 atom stereocenters. The molecular formula is C16H22Cl2N2O3S. The van der Waals surface area contributed by atoms with Gasteiger partial charge in [0.2, 0.25) is 15.9 Å². The second-order valence-corrected chi connectivity index (χ2v) is 8.82. The third-order valence-electron chi connectivity index (χ3n) is 4.34. The summed E-state index contributed by atoms with van der Waals surface area (Å²) in [6.07, 6.45) is 1.87. The van der Waals surface area contributed by atoms with Crippen LogP contribution in [-0.2, 0) is 14.8 Å². The lowest BCUT2D eigenvalue weighted by molar-refractivity contribution is -0.126. The summed E-state index contributed by atoms with van der Waals surface area (Å²) in [6.45, 7) is 4.56. The van der Waals surface area contributed by atoms with Crippen LogP contribution in [0.3, 0.4) is 0 Å². The summed E-state index contributed by atoms with van der Waals surface area (Å²) in [5.74, 6) is -0.150. The maximum atomic E-state index is 12.7. The first-order valence-corrected chi connectivity index (χ1v) is 10.2. The van der Waals surface area contributed by atoms with Crippen molar-refractivity contribution in [1.29, 1.82) is 0 Å². The molecular weight excluding hydrogens is 371 g/mol. The van der Waals surface area contributed by atoms with Crippen molar-refractivity contribution in [2.75, 3.05) is 13.1 Å². The van der Waals surface area contributed by atoms with Gasteiger partial charge in [-0.15, -0.1) is 0 Å². The molecule has 8 heteroatoms. The lowest BCUT2D eigenvalue weighted by Crippen LogP contribution is -2.44. The number of nitrogens with one attached hydrogen (secondary N) is 1. The number of halogens is 2. The molecule has 134 valence electrons. The number of amides is 1. The molecule has 1 heterocycles. The van der Waals surface area contributed by atoms with Crippen molar-refractivity contribution in [2.45, 2.75) is 44.0 Å². The van der Waals surface area contributed by atoms with Crippen LogP contribution in [0.4, 0.5) is 0 Å². The molecule has 24 heavy (non-hydrogen) atoms. The highest BCUT2D eigenvalue weighted by atomic mass is 35.5. The van der Waals surface area contributed by atoms with E-state index in [1.165, 1.54) is 16.4 Å². The fourth-order valence-corrected chi connectivity index (χ4v) is 4.84. The fourth-order valence-electron chi connectivity index (χ4n) is 2.64. The number of benzene rings is 1. The molecule has 1 aromatic rings. The largest absolute Gasteiger partial charge is 0.353 e. The van der Waals surface area contributed by atoms with E-state index in [-0.39, 0.29) is 27.8 Å². The van der Waals surface area contributed by atoms with E-state index in [9.17, 15) is 13.2 Å². The van der Waals surface area contributed by atoms with E-state index >= 15 is 0 Å². The van der Waals surface area contributed by atoms with Gasteiger partial charge in [-0.25, -0.2) is 8.42 Å². The van der Waals surface area contributed by atoms with Crippen molar-refractivity contribution >= 4 is 39.1 Å². The quantitative estimate of drug-likeness (QED) is 0.835. The van der Waals surface area contributed by atoms with Gasteiger partial charge in [0.05, 0.1) is 5.02 Å². The van der Waals surface area contributed by atoms with Crippen molar-refractivity contribution in [3.05, 3.63) is 28.2 Å². The van der Waals surface area contributed by atoms with Crippen LogP contribution < -0.4 is 5.32 Å². The molecule has 5 nitrogen and oxygen atoms in total. The van der Waals surface area contributed by atoms with E-state index in [1.807, 2.05) is 13.8 Å². The summed E-state index contributed by atoms with van der Waals surface area (Å²) < 4.78 is 26.9. The third-order valence-corrected chi connectivity index (χ3v) is 6.95. The molecule has 0 aromatic heterocycles. The van der Waals surface area contributed by atoms with Gasteiger partial charge < -0.3 is 5.32 Å². The number of carbonyl (C=O) groups excluding carboxylic acids is 1. The van der Waals surface area contributed by atoms with Crippen LogP contribution in [0.1, 0.15) is 33.1 Å². The maximum Gasteiger partial charge on any atom is 0.244 e. The number of carbonyl (C=O) groups is 1. The predicted octanol–water partition coefficient (Wildman–Crippen LogP) is 3.31. The summed E-state index contributed by atoms with van der Waals surface area (Å²) in [5, 5.41) is 3.42. The first kappa shape index (κ1) is 19.5. The molecule has 0 radical (unpaired) electrons. The average Bonchev–Trinajstić information content (AvgIpc) is 2.56. The molecule has 1 fully saturated rings. The second kappa shape index (κ2) is 8.04. The van der Waals surface area contributed by atoms with Crippen LogP contribution in [0.25, 0.3) is 0 Å². The molecule has 1 aliphatic rings. The van der Waals surface area contributed by atoms with Gasteiger partial charge in [0.25, 0.3) is 0 Å². The van der Waals surface area contributed by atoms with E-state index in [0.717, 1.165) is 6.42 Å². The van der Waals surface area contributed by atoms with Crippen LogP contribution in [0.2, 0.25) is 10.0 Å². The molecule has 2 rings (SSSR count). The molecule has 1 amide bonds. The van der Waals surface area contributed by atoms with E-state index in [1.54, 1.807) is 6.07 Å². The Morgan fingerprint density at radius 3 is 2.54 bits per heavy atom. The standard InChI is InChI=1S/C16H22Cl2N2O3S/c1-3-11(2)19-16(21)12-6-8-20(9-7-12)24(22,23)15-10-13(17)4-5-14(15)18/h4-5,10-12H,3,6-9H2,1-2H3,(H,19,21). The Labute approximate surface area is 153 Å². The maximum absolute atomic E-state index is 12.7. The minimum Gasteiger partial charge on any atom is -0.353 e. The SMILES string of the molecule is CCC(C)NC(=O)C1CCN(S(=O)(=O)c2cc(Cl)ccc2Cl)CC1. The summed E-state index contributed by atoms with van der Waals surface area (Å²) in [7, 11) is -3.71. The van der Waals surface area contributed by atoms with Gasteiger partial charge >= 0.3 is 0 Å². The van der Waals surface area contributed by atoms with Gasteiger partial charge in [0.1, 0.15) is 4.90 Å². The number of hydrogen-bond acceptors (Lipinski definition) is 3. The summed E-state index contributed by atoms with van der Waals surface area (Å²) >= 11 is 11.9. The Bertz CT molecular complexity index is 701. The summed E-state index contributed by atoms with van der Waals surface area (Å²) in [6, 6.07) is 4.52. The van der Waals surface area contributed by atoms with Gasteiger partial charge in [0.15, 0.2) is 0 Å². The van der Waals surface area contributed by atoms with Crippen LogP contribution >= 0.6 is 23.2 Å². The molecule has 0 bridgehead atoms. The second-order valence-electron chi connectivity index (χ2n) is 6.07. The minimum absolute atomic E-state index is 0.00202. The van der Waals surface area contributed by atoms with Crippen molar-refractivity contribution in [1.82, 2.24) is 9.62 Å². The molecule has 1 unspecified atom stereocenters. The van der Waals surface area contributed by atoms with Gasteiger partial charge in [-0.2, -0.15) is 4.31 Å². The van der Waals surface area contributed by atoms with Crippen molar-refractivity contribution in [2.24, 2.45) is 5.92 Å². The average molecular weight is 393 g/mol. The van der Waals surface area contributed by atoms with Crippen LogP contribution in [0, 0.1) is 5.92 Å². The Hall–Kier alpha value is -0.820. The normalized spacial score (nSPS) is 18.3. The van der Waals surface area contributed by atoms with E-state index in [0.29, 0.717) is 31.0 Å². The summed E-state index contributed by atoms with van der Waals surface area (Å²) in [4.78, 5) is 12.2. The van der Waals surface area contributed by atoms with Crippen LogP contribution in [0.15, 0.2) is 23.1 Å². The van der Waals surface area contributed by atoms with Gasteiger partial charge in [-0.3, -0.25) is 4.79 Å². The van der Waals surface area contributed by atoms with E-state index in [4.69, 9.17) is 23.2 Å². The fraction of sp³-hybridized carbons (Fsp3) is 0.562. The number of rotatable bonds is 5. The predicted molar refractivity (Wildman–Crippen MR) is 95.8 cm³/mol. The first-order chi connectivity index (χ1) is 11.3. The highest BCUT2D eigenvalue weighted by molar-refractivity contribution is 7.89. The lowest BCUT2D eigenvalue weighted by atomic mass is 9.97. The number of piperidine rings is 1. The Morgan fingerprint density at radius 2 is 1.96 bits per heavy atom. The zero-order valence-electron chi connectivity index (χ0n) is 13.8. The summed E-state index contributed by atoms with van der Waals surface area (Å²) in [5.41, 5.74) is 0. The molecule has 0 saturated carbocycles. The van der Waals surface area contributed by atoms with Crippen molar-refractivity contribution in [3.63, 3.8) is 0 Å². The Balaban J connectivity index is 2.06. The number of nitrogens with zero attached hydrogens (tertiary/aromatic N) is 1. The minimum atomic E-state index is -3.71. The van der Waals surface area contributed by atoms with Crippen LogP contribution in [-0.4, -0.2) is 37.8 Å². The first-order valence-electron chi connectivity index (χ1n) is 8.01. The lowest BCUT2D eigenvalue weighted by Gasteiger charge is -2.31. The molecule has 1 aromatic carbocycles. The topological polar surface area (TPSA) is 66.5 Å². The monoisotopic (exact) mass is 392 g/mol. The van der Waals surface area contributed by atoms with Crippen molar-refractivity contribution in [3.8, 4) is 0 Å². The van der Waals surface area contributed by atoms with E-state index in [2.05, 4.69) is 5.32 Å².